The highest BCUT2D eigenvalue weighted by Gasteiger charge is 2.42. The van der Waals surface area contributed by atoms with Crippen LogP contribution in [0, 0.1) is 0 Å². The molecule has 2 aliphatic rings. The Morgan fingerprint density at radius 3 is 1.64 bits per heavy atom. The SMILES string of the molecule is CCCCCCCC/C=C/CCCCCCCC(=O)OC[C@H](COP(=O)(O)OCCNC(=O)CCCCCNC(=O)CCCC[C@@H]1SC[C@@H]2NC(=O)N[C@@H]21)OC(=O)CCCCCCC/C=C/CCCCCCCC. The fraction of sp³-hybridized carbons (Fsp3) is 0.842. The van der Waals surface area contributed by atoms with Gasteiger partial charge in [0.05, 0.1) is 25.3 Å². The standard InChI is InChI=1S/C57H103N4O11PS/c1-3-5-7-9-11-13-15-17-19-21-23-25-27-29-33-41-54(64)69-46-49(72-55(65)42-34-30-28-26-24-22-20-18-16-14-12-10-8-6-4-2)47-71-73(67,68)70-45-44-59-53(63)39-32-31-37-43-58-52(62)40-36-35-38-51-56-50(48-74-51)60-57(66)61-56/h17-20,49-51,56H,3-16,21-48H2,1-2H3,(H,58,62)(H,59,63)(H,67,68)(H2,60,61,66)/b19-17+,20-18+/t49-,50+,51+,56+/m1/s1. The molecule has 74 heavy (non-hydrogen) atoms. The number of ether oxygens (including phenoxy) is 2. The highest BCUT2D eigenvalue weighted by atomic mass is 32.2. The van der Waals surface area contributed by atoms with Crippen LogP contribution in [0.4, 0.5) is 4.79 Å². The average molecular weight is 1080 g/mol. The van der Waals surface area contributed by atoms with Crippen molar-refractivity contribution < 1.29 is 52.0 Å². The summed E-state index contributed by atoms with van der Waals surface area (Å²) in [6, 6.07) is 0.303. The van der Waals surface area contributed by atoms with E-state index in [1.54, 1.807) is 0 Å². The molecule has 2 rings (SSSR count). The Balaban J connectivity index is 1.61. The number of phosphoric ester groups is 1. The normalized spacial score (nSPS) is 17.5. The van der Waals surface area contributed by atoms with Crippen molar-refractivity contribution in [3.63, 3.8) is 0 Å². The molecule has 428 valence electrons. The van der Waals surface area contributed by atoms with Crippen LogP contribution in [-0.4, -0.2) is 96.8 Å². The molecule has 0 saturated carbocycles. The van der Waals surface area contributed by atoms with Crippen LogP contribution in [0.3, 0.4) is 0 Å². The van der Waals surface area contributed by atoms with Gasteiger partial charge in [0.1, 0.15) is 6.61 Å². The molecular weight excluding hydrogens is 980 g/mol. The first-order valence-electron chi connectivity index (χ1n) is 29.5. The molecule has 2 saturated heterocycles. The highest BCUT2D eigenvalue weighted by Crippen LogP contribution is 2.43. The first kappa shape index (κ1) is 67.2. The van der Waals surface area contributed by atoms with Crippen molar-refractivity contribution in [1.82, 2.24) is 21.3 Å². The minimum atomic E-state index is -4.60. The topological polar surface area (TPSA) is 208 Å². The van der Waals surface area contributed by atoms with Gasteiger partial charge in [-0.2, -0.15) is 11.8 Å². The molecule has 2 aliphatic heterocycles. The average Bonchev–Trinajstić information content (AvgIpc) is 3.94. The number of amides is 4. The van der Waals surface area contributed by atoms with E-state index in [0.29, 0.717) is 37.5 Å². The number of urea groups is 1. The first-order chi connectivity index (χ1) is 36.0. The molecule has 0 aromatic rings. The van der Waals surface area contributed by atoms with Crippen LogP contribution in [0.2, 0.25) is 0 Å². The molecule has 17 heteroatoms. The number of unbranched alkanes of at least 4 members (excludes halogenated alkanes) is 25. The maximum atomic E-state index is 12.9. The number of hydrogen-bond donors (Lipinski definition) is 5. The van der Waals surface area contributed by atoms with Crippen molar-refractivity contribution in [3.05, 3.63) is 24.3 Å². The third-order valence-corrected chi connectivity index (χ3v) is 16.1. The van der Waals surface area contributed by atoms with Gasteiger partial charge in [0.2, 0.25) is 11.8 Å². The number of thioether (sulfide) groups is 1. The Kier molecular flexibility index (Phi) is 42.0. The predicted octanol–water partition coefficient (Wildman–Crippen LogP) is 13.2. The summed E-state index contributed by atoms with van der Waals surface area (Å²) in [4.78, 5) is 72.1. The van der Waals surface area contributed by atoms with Gasteiger partial charge in [-0.15, -0.1) is 0 Å². The van der Waals surface area contributed by atoms with Crippen molar-refractivity contribution in [2.24, 2.45) is 0 Å². The summed E-state index contributed by atoms with van der Waals surface area (Å²) in [5, 5.41) is 12.0. The first-order valence-corrected chi connectivity index (χ1v) is 32.1. The summed E-state index contributed by atoms with van der Waals surface area (Å²) in [5.74, 6) is -0.209. The van der Waals surface area contributed by atoms with Crippen molar-refractivity contribution in [1.29, 1.82) is 0 Å². The number of carbonyl (C=O) groups is 5. The number of phosphoric acid groups is 1. The van der Waals surface area contributed by atoms with Gasteiger partial charge >= 0.3 is 25.8 Å². The molecule has 0 aromatic heterocycles. The summed E-state index contributed by atoms with van der Waals surface area (Å²) in [6.45, 7) is 3.89. The second kappa shape index (κ2) is 46.2. The fourth-order valence-electron chi connectivity index (χ4n) is 9.13. The summed E-state index contributed by atoms with van der Waals surface area (Å²) in [6.07, 6.45) is 43.8. The summed E-state index contributed by atoms with van der Waals surface area (Å²) >= 11 is 1.88. The largest absolute Gasteiger partial charge is 0.472 e. The zero-order valence-electron chi connectivity index (χ0n) is 46.2. The zero-order valence-corrected chi connectivity index (χ0v) is 47.9. The maximum absolute atomic E-state index is 12.9. The number of rotatable bonds is 51. The Hall–Kier alpha value is -2.91. The lowest BCUT2D eigenvalue weighted by atomic mass is 10.0. The third kappa shape index (κ3) is 38.6. The van der Waals surface area contributed by atoms with Crippen LogP contribution in [-0.2, 0) is 42.3 Å². The lowest BCUT2D eigenvalue weighted by molar-refractivity contribution is -0.161. The van der Waals surface area contributed by atoms with Crippen LogP contribution < -0.4 is 21.3 Å². The van der Waals surface area contributed by atoms with E-state index in [1.165, 1.54) is 77.0 Å². The predicted molar refractivity (Wildman–Crippen MR) is 300 cm³/mol. The van der Waals surface area contributed by atoms with Crippen LogP contribution in [0.1, 0.15) is 245 Å². The summed E-state index contributed by atoms with van der Waals surface area (Å²) in [5.41, 5.74) is 0. The van der Waals surface area contributed by atoms with Gasteiger partial charge in [0.15, 0.2) is 6.10 Å². The zero-order chi connectivity index (χ0) is 53.6. The molecule has 5 atom stereocenters. The molecule has 1 unspecified atom stereocenters. The highest BCUT2D eigenvalue weighted by molar-refractivity contribution is 8.00. The maximum Gasteiger partial charge on any atom is 0.472 e. The van der Waals surface area contributed by atoms with Crippen molar-refractivity contribution >= 4 is 49.4 Å². The molecule has 2 heterocycles. The molecule has 0 aliphatic carbocycles. The Labute approximate surface area is 452 Å². The van der Waals surface area contributed by atoms with Gasteiger partial charge in [-0.05, 0) is 89.9 Å². The van der Waals surface area contributed by atoms with Crippen molar-refractivity contribution in [3.8, 4) is 0 Å². The van der Waals surface area contributed by atoms with Gasteiger partial charge in [-0.3, -0.25) is 28.2 Å². The molecule has 15 nitrogen and oxygen atoms in total. The minimum Gasteiger partial charge on any atom is -0.462 e. The minimum absolute atomic E-state index is 0.0165. The van der Waals surface area contributed by atoms with Crippen LogP contribution >= 0.6 is 19.6 Å². The second-order valence-corrected chi connectivity index (χ2v) is 23.2. The smallest absolute Gasteiger partial charge is 0.462 e. The lowest BCUT2D eigenvalue weighted by Gasteiger charge is -2.20. The summed E-state index contributed by atoms with van der Waals surface area (Å²) in [7, 11) is -4.60. The van der Waals surface area contributed by atoms with Crippen molar-refractivity contribution in [2.75, 3.05) is 38.7 Å². The number of fused-ring (bicyclic) bond motifs is 1. The molecule has 0 spiro atoms. The molecule has 5 N–H and O–H groups in total. The number of allylic oxidation sites excluding steroid dienone is 4. The summed E-state index contributed by atoms with van der Waals surface area (Å²) < 4.78 is 34.1. The van der Waals surface area contributed by atoms with Gasteiger partial charge in [-0.25, -0.2) is 9.36 Å². The van der Waals surface area contributed by atoms with Crippen molar-refractivity contribution in [2.45, 2.75) is 268 Å². The Morgan fingerprint density at radius 1 is 0.595 bits per heavy atom. The van der Waals surface area contributed by atoms with E-state index in [1.807, 2.05) is 11.8 Å². The number of esters is 2. The second-order valence-electron chi connectivity index (χ2n) is 20.4. The molecule has 4 amide bonds. The quantitative estimate of drug-likeness (QED) is 0.0127. The Morgan fingerprint density at radius 2 is 1.07 bits per heavy atom. The van der Waals surface area contributed by atoms with E-state index >= 15 is 0 Å². The van der Waals surface area contributed by atoms with E-state index in [-0.39, 0.29) is 69.0 Å². The molecule has 0 bridgehead atoms. The fourth-order valence-corrected chi connectivity index (χ4v) is 11.4. The van der Waals surface area contributed by atoms with Crippen LogP contribution in [0.25, 0.3) is 0 Å². The third-order valence-electron chi connectivity index (χ3n) is 13.6. The van der Waals surface area contributed by atoms with Crippen LogP contribution in [0.15, 0.2) is 24.3 Å². The van der Waals surface area contributed by atoms with E-state index in [2.05, 4.69) is 59.4 Å². The lowest BCUT2D eigenvalue weighted by Crippen LogP contribution is -2.36. The van der Waals surface area contributed by atoms with Gasteiger partial charge in [-0.1, -0.05) is 154 Å². The molecule has 0 radical (unpaired) electrons. The van der Waals surface area contributed by atoms with Gasteiger partial charge < -0.3 is 35.6 Å². The number of hydrogen-bond acceptors (Lipinski definition) is 11. The molecule has 2 fully saturated rings. The van der Waals surface area contributed by atoms with E-state index in [0.717, 1.165) is 115 Å². The molecule has 0 aromatic carbocycles. The Bertz CT molecular complexity index is 1590. The monoisotopic (exact) mass is 1080 g/mol. The van der Waals surface area contributed by atoms with Gasteiger partial charge in [0, 0.05) is 49.8 Å². The number of nitrogens with one attached hydrogen (secondary N) is 4. The van der Waals surface area contributed by atoms with Gasteiger partial charge in [0.25, 0.3) is 0 Å². The molecular formula is C57H103N4O11PS. The van der Waals surface area contributed by atoms with E-state index in [9.17, 15) is 33.4 Å². The van der Waals surface area contributed by atoms with Crippen LogP contribution in [0.5, 0.6) is 0 Å². The number of carbonyl (C=O) groups excluding carboxylic acids is 5. The van der Waals surface area contributed by atoms with E-state index in [4.69, 9.17) is 18.5 Å². The van der Waals surface area contributed by atoms with E-state index < -0.39 is 32.5 Å².